The second-order valence-corrected chi connectivity index (χ2v) is 5.91. The van der Waals surface area contributed by atoms with Gasteiger partial charge < -0.3 is 19.3 Å². The van der Waals surface area contributed by atoms with E-state index in [2.05, 4.69) is 20.0 Å². The molecular formula is C17H18N4O3. The van der Waals surface area contributed by atoms with E-state index >= 15 is 0 Å². The molecule has 0 aliphatic carbocycles. The minimum Gasteiger partial charge on any atom is -0.491 e. The predicted octanol–water partition coefficient (Wildman–Crippen LogP) is 2.13. The van der Waals surface area contributed by atoms with Crippen LogP contribution < -0.4 is 9.64 Å². The van der Waals surface area contributed by atoms with Crippen LogP contribution in [0.3, 0.4) is 0 Å². The zero-order valence-electron chi connectivity index (χ0n) is 13.6. The van der Waals surface area contributed by atoms with Gasteiger partial charge in [-0.1, -0.05) is 11.2 Å². The number of ether oxygens (including phenoxy) is 1. The summed E-state index contributed by atoms with van der Waals surface area (Å²) >= 11 is 0. The quantitative estimate of drug-likeness (QED) is 0.772. The lowest BCUT2D eigenvalue weighted by Gasteiger charge is -2.21. The molecule has 0 saturated carbocycles. The lowest BCUT2D eigenvalue weighted by Crippen LogP contribution is -2.26. The van der Waals surface area contributed by atoms with Crippen molar-refractivity contribution in [2.45, 2.75) is 27.0 Å². The van der Waals surface area contributed by atoms with Crippen LogP contribution in [0.25, 0.3) is 11.1 Å². The first kappa shape index (κ1) is 14.9. The zero-order chi connectivity index (χ0) is 16.7. The van der Waals surface area contributed by atoms with Crippen molar-refractivity contribution >= 4 is 16.9 Å². The maximum atomic E-state index is 9.38. The highest BCUT2D eigenvalue weighted by Crippen LogP contribution is 2.31. The second-order valence-electron chi connectivity index (χ2n) is 5.91. The Morgan fingerprint density at radius 2 is 2.12 bits per heavy atom. The van der Waals surface area contributed by atoms with Crippen LogP contribution in [0.4, 0.5) is 5.82 Å². The van der Waals surface area contributed by atoms with Crippen molar-refractivity contribution in [1.29, 1.82) is 0 Å². The van der Waals surface area contributed by atoms with E-state index in [-0.39, 0.29) is 6.61 Å². The summed E-state index contributed by atoms with van der Waals surface area (Å²) in [6, 6.07) is 5.76. The van der Waals surface area contributed by atoms with Gasteiger partial charge >= 0.3 is 0 Å². The van der Waals surface area contributed by atoms with E-state index in [0.717, 1.165) is 33.8 Å². The molecule has 24 heavy (non-hydrogen) atoms. The number of aliphatic hydroxyl groups excluding tert-OH is 1. The number of anilines is 1. The molecule has 3 heterocycles. The highest BCUT2D eigenvalue weighted by molar-refractivity contribution is 5.88. The molecule has 0 bridgehead atoms. The van der Waals surface area contributed by atoms with Crippen LogP contribution in [0, 0.1) is 13.8 Å². The van der Waals surface area contributed by atoms with Crippen LogP contribution in [0.2, 0.25) is 0 Å². The van der Waals surface area contributed by atoms with E-state index < -0.39 is 0 Å². The molecular weight excluding hydrogens is 308 g/mol. The molecule has 0 amide bonds. The maximum absolute atomic E-state index is 9.38. The average Bonchev–Trinajstić information content (AvgIpc) is 2.82. The molecule has 1 N–H and O–H groups in total. The summed E-state index contributed by atoms with van der Waals surface area (Å²) in [7, 11) is 0. The van der Waals surface area contributed by atoms with Crippen LogP contribution in [0.15, 0.2) is 22.7 Å². The Morgan fingerprint density at radius 1 is 1.25 bits per heavy atom. The van der Waals surface area contributed by atoms with Crippen molar-refractivity contribution in [3.63, 3.8) is 0 Å². The van der Waals surface area contributed by atoms with E-state index in [1.54, 1.807) is 0 Å². The maximum Gasteiger partial charge on any atom is 0.263 e. The fourth-order valence-electron chi connectivity index (χ4n) is 3.03. The summed E-state index contributed by atoms with van der Waals surface area (Å²) in [5, 5.41) is 14.2. The zero-order valence-corrected chi connectivity index (χ0v) is 13.6. The topological polar surface area (TPSA) is 84.5 Å². The number of hydrogen-bond acceptors (Lipinski definition) is 7. The third kappa shape index (κ3) is 2.46. The number of nitrogens with zero attached hydrogens (tertiary/aromatic N) is 4. The van der Waals surface area contributed by atoms with E-state index in [4.69, 9.17) is 9.26 Å². The number of fused-ring (bicyclic) bond motifs is 2. The number of hydrogen-bond donors (Lipinski definition) is 1. The van der Waals surface area contributed by atoms with E-state index in [1.165, 1.54) is 0 Å². The molecule has 1 aliphatic heterocycles. The molecule has 1 aromatic carbocycles. The lowest BCUT2D eigenvalue weighted by molar-refractivity contribution is 0.281. The van der Waals surface area contributed by atoms with E-state index in [0.29, 0.717) is 31.2 Å². The Hall–Kier alpha value is -2.67. The van der Waals surface area contributed by atoms with Crippen molar-refractivity contribution in [2.24, 2.45) is 0 Å². The third-order valence-corrected chi connectivity index (χ3v) is 4.19. The molecule has 0 fully saturated rings. The molecule has 3 aromatic rings. The van der Waals surface area contributed by atoms with Gasteiger partial charge in [0.15, 0.2) is 0 Å². The number of rotatable bonds is 2. The summed E-state index contributed by atoms with van der Waals surface area (Å²) in [6.45, 7) is 5.63. The molecule has 7 heteroatoms. The van der Waals surface area contributed by atoms with Crippen LogP contribution in [-0.4, -0.2) is 33.4 Å². The molecule has 0 saturated heterocycles. The molecule has 1 aliphatic rings. The van der Waals surface area contributed by atoms with Crippen molar-refractivity contribution in [2.75, 3.05) is 18.1 Å². The summed E-state index contributed by atoms with van der Waals surface area (Å²) in [4.78, 5) is 11.1. The van der Waals surface area contributed by atoms with Gasteiger partial charge in [-0.15, -0.1) is 0 Å². The number of benzene rings is 1. The average molecular weight is 326 g/mol. The van der Waals surface area contributed by atoms with Gasteiger partial charge in [-0.25, -0.2) is 4.98 Å². The van der Waals surface area contributed by atoms with Gasteiger partial charge in [0.05, 0.1) is 18.8 Å². The van der Waals surface area contributed by atoms with Gasteiger partial charge in [0, 0.05) is 12.1 Å². The number of aryl methyl sites for hydroxylation is 2. The van der Waals surface area contributed by atoms with Gasteiger partial charge in [-0.3, -0.25) is 0 Å². The summed E-state index contributed by atoms with van der Waals surface area (Å²) in [5.74, 6) is 2.30. The van der Waals surface area contributed by atoms with E-state index in [1.807, 2.05) is 32.0 Å². The first-order chi connectivity index (χ1) is 11.7. The number of aliphatic hydroxyl groups is 1. The van der Waals surface area contributed by atoms with Crippen molar-refractivity contribution in [3.8, 4) is 5.75 Å². The van der Waals surface area contributed by atoms with Gasteiger partial charge in [0.2, 0.25) is 0 Å². The molecule has 0 atom stereocenters. The molecule has 0 spiro atoms. The normalized spacial score (nSPS) is 14.4. The highest BCUT2D eigenvalue weighted by Gasteiger charge is 2.22. The fraction of sp³-hybridized carbons (Fsp3) is 0.353. The Morgan fingerprint density at radius 3 is 2.96 bits per heavy atom. The Labute approximate surface area is 138 Å². The molecule has 124 valence electrons. The minimum atomic E-state index is 0.00883. The van der Waals surface area contributed by atoms with Gasteiger partial charge in [0.1, 0.15) is 29.4 Å². The SMILES string of the molecule is Cc1nc(N2CCOc3ccc(CO)cc3C2)c2c(C)noc2n1. The van der Waals surface area contributed by atoms with Crippen molar-refractivity contribution in [3.05, 3.63) is 40.8 Å². The fourth-order valence-corrected chi connectivity index (χ4v) is 3.03. The smallest absolute Gasteiger partial charge is 0.263 e. The Kier molecular flexibility index (Phi) is 3.57. The van der Waals surface area contributed by atoms with E-state index in [9.17, 15) is 5.11 Å². The van der Waals surface area contributed by atoms with Gasteiger partial charge in [-0.05, 0) is 31.5 Å². The highest BCUT2D eigenvalue weighted by atomic mass is 16.5. The van der Waals surface area contributed by atoms with Crippen LogP contribution in [0.5, 0.6) is 5.75 Å². The summed E-state index contributed by atoms with van der Waals surface area (Å²) < 4.78 is 11.2. The molecule has 2 aromatic heterocycles. The lowest BCUT2D eigenvalue weighted by atomic mass is 10.1. The van der Waals surface area contributed by atoms with Crippen LogP contribution >= 0.6 is 0 Å². The molecule has 0 unspecified atom stereocenters. The standard InChI is InChI=1S/C17H18N4O3/c1-10-15-16(18-11(2)19-17(15)24-20-10)21-5-6-23-14-4-3-12(9-22)7-13(14)8-21/h3-4,7,22H,5-6,8-9H2,1-2H3. The third-order valence-electron chi connectivity index (χ3n) is 4.19. The largest absolute Gasteiger partial charge is 0.491 e. The van der Waals surface area contributed by atoms with Crippen LogP contribution in [-0.2, 0) is 13.2 Å². The van der Waals surface area contributed by atoms with Crippen LogP contribution in [0.1, 0.15) is 22.6 Å². The minimum absolute atomic E-state index is 0.00883. The monoisotopic (exact) mass is 326 g/mol. The number of aromatic nitrogens is 3. The predicted molar refractivity (Wildman–Crippen MR) is 88.0 cm³/mol. The first-order valence-corrected chi connectivity index (χ1v) is 7.86. The summed E-state index contributed by atoms with van der Waals surface area (Å²) in [5.41, 5.74) is 3.17. The van der Waals surface area contributed by atoms with Gasteiger partial charge in [-0.2, -0.15) is 4.98 Å². The Bertz CT molecular complexity index is 906. The second kappa shape index (κ2) is 5.76. The van der Waals surface area contributed by atoms with Gasteiger partial charge in [0.25, 0.3) is 5.71 Å². The first-order valence-electron chi connectivity index (χ1n) is 7.86. The molecule has 4 rings (SSSR count). The summed E-state index contributed by atoms with van der Waals surface area (Å²) in [6.07, 6.45) is 0. The van der Waals surface area contributed by atoms with Crippen molar-refractivity contribution < 1.29 is 14.4 Å². The van der Waals surface area contributed by atoms with Crippen molar-refractivity contribution in [1.82, 2.24) is 15.1 Å². The molecule has 0 radical (unpaired) electrons. The molecule has 7 nitrogen and oxygen atoms in total. The Balaban J connectivity index is 1.80.